The van der Waals surface area contributed by atoms with Crippen molar-refractivity contribution in [1.82, 2.24) is 10.2 Å². The number of rotatable bonds is 0. The summed E-state index contributed by atoms with van der Waals surface area (Å²) in [7, 11) is 0. The molecule has 2 fully saturated rings. The van der Waals surface area contributed by atoms with Gasteiger partial charge in [-0.1, -0.05) is 0 Å². The third-order valence-corrected chi connectivity index (χ3v) is 3.25. The number of hydrogen-bond donors (Lipinski definition) is 2. The summed E-state index contributed by atoms with van der Waals surface area (Å²) in [6.07, 6.45) is 0.313. The number of hydrogen-bond acceptors (Lipinski definition) is 4. The Bertz CT molecular complexity index is 364. The highest BCUT2D eigenvalue weighted by atomic mass is 16.6. The largest absolute Gasteiger partial charge is 0.444 e. The Morgan fingerprint density at radius 3 is 2.78 bits per heavy atom. The first-order valence-electron chi connectivity index (χ1n) is 6.31. The molecule has 2 heterocycles. The summed E-state index contributed by atoms with van der Waals surface area (Å²) in [5, 5.41) is 2.79. The van der Waals surface area contributed by atoms with Crippen molar-refractivity contribution in [2.24, 2.45) is 11.7 Å². The molecule has 3 N–H and O–H groups in total. The second-order valence-electron chi connectivity index (χ2n) is 6.08. The molecule has 2 aliphatic rings. The molecule has 0 aromatic heterocycles. The van der Waals surface area contributed by atoms with Gasteiger partial charge in [0.15, 0.2) is 0 Å². The van der Waals surface area contributed by atoms with E-state index < -0.39 is 17.7 Å². The third kappa shape index (κ3) is 2.58. The minimum Gasteiger partial charge on any atom is -0.444 e. The number of likely N-dealkylation sites (tertiary alicyclic amines) is 1. The van der Waals surface area contributed by atoms with Gasteiger partial charge in [0.25, 0.3) is 0 Å². The lowest BCUT2D eigenvalue weighted by molar-refractivity contribution is -0.125. The van der Waals surface area contributed by atoms with Crippen molar-refractivity contribution in [3.05, 3.63) is 0 Å². The zero-order valence-electron chi connectivity index (χ0n) is 11.1. The molecule has 3 atom stereocenters. The van der Waals surface area contributed by atoms with Crippen molar-refractivity contribution in [3.63, 3.8) is 0 Å². The first kappa shape index (κ1) is 13.1. The van der Waals surface area contributed by atoms with Gasteiger partial charge in [0.1, 0.15) is 11.6 Å². The summed E-state index contributed by atoms with van der Waals surface area (Å²) in [6, 6.07) is -0.508. The van der Waals surface area contributed by atoms with Crippen molar-refractivity contribution < 1.29 is 14.3 Å². The predicted molar refractivity (Wildman–Crippen MR) is 65.8 cm³/mol. The van der Waals surface area contributed by atoms with Gasteiger partial charge in [0, 0.05) is 25.0 Å². The predicted octanol–water partition coefficient (Wildman–Crippen LogP) is 0.0691. The Morgan fingerprint density at radius 2 is 2.17 bits per heavy atom. The summed E-state index contributed by atoms with van der Waals surface area (Å²) in [4.78, 5) is 25.4. The van der Waals surface area contributed by atoms with Crippen LogP contribution in [-0.4, -0.2) is 47.7 Å². The number of nitrogens with two attached hydrogens (primary N) is 1. The highest BCUT2D eigenvalue weighted by molar-refractivity contribution is 5.88. The van der Waals surface area contributed by atoms with Gasteiger partial charge < -0.3 is 15.8 Å². The Morgan fingerprint density at radius 1 is 1.50 bits per heavy atom. The number of carbonyl (C=O) groups excluding carboxylic acids is 2. The lowest BCUT2D eigenvalue weighted by Crippen LogP contribution is -2.57. The van der Waals surface area contributed by atoms with E-state index in [1.54, 1.807) is 20.8 Å². The molecule has 0 saturated carbocycles. The van der Waals surface area contributed by atoms with Crippen LogP contribution in [0.4, 0.5) is 4.79 Å². The molecule has 0 bridgehead atoms. The molecule has 6 nitrogen and oxygen atoms in total. The van der Waals surface area contributed by atoms with Gasteiger partial charge in [0.2, 0.25) is 5.91 Å². The maximum Gasteiger partial charge on any atom is 0.411 e. The van der Waals surface area contributed by atoms with E-state index >= 15 is 0 Å². The van der Waals surface area contributed by atoms with Crippen molar-refractivity contribution in [3.8, 4) is 0 Å². The van der Waals surface area contributed by atoms with Gasteiger partial charge in [-0.3, -0.25) is 9.69 Å². The number of fused-ring (bicyclic) bond motifs is 1. The van der Waals surface area contributed by atoms with E-state index in [2.05, 4.69) is 5.32 Å². The summed E-state index contributed by atoms with van der Waals surface area (Å²) in [5.41, 5.74) is 5.37. The second-order valence-corrected chi connectivity index (χ2v) is 6.08. The molecule has 0 aromatic carbocycles. The molecule has 2 aliphatic heterocycles. The van der Waals surface area contributed by atoms with Crippen LogP contribution in [0, 0.1) is 5.92 Å². The molecule has 0 spiro atoms. The van der Waals surface area contributed by atoms with Crippen LogP contribution in [-0.2, 0) is 9.53 Å². The van der Waals surface area contributed by atoms with E-state index in [1.165, 1.54) is 4.90 Å². The lowest BCUT2D eigenvalue weighted by Gasteiger charge is -2.39. The topological polar surface area (TPSA) is 84.7 Å². The van der Waals surface area contributed by atoms with Crippen molar-refractivity contribution in [1.29, 1.82) is 0 Å². The number of amides is 2. The summed E-state index contributed by atoms with van der Waals surface area (Å²) in [5.74, 6) is 0.00604. The molecule has 0 radical (unpaired) electrons. The Hall–Kier alpha value is -1.30. The zero-order valence-corrected chi connectivity index (χ0v) is 11.1. The van der Waals surface area contributed by atoms with E-state index in [4.69, 9.17) is 10.5 Å². The van der Waals surface area contributed by atoms with Gasteiger partial charge in [0.05, 0.1) is 0 Å². The van der Waals surface area contributed by atoms with Crippen LogP contribution in [0.1, 0.15) is 27.2 Å². The van der Waals surface area contributed by atoms with E-state index in [1.807, 2.05) is 0 Å². The first-order valence-corrected chi connectivity index (χ1v) is 6.31. The normalized spacial score (nSPS) is 31.9. The SMILES string of the molecule is CC(C)(C)OC(=O)N1CC(N)CC2CNC(=O)C21. The van der Waals surface area contributed by atoms with Gasteiger partial charge in [-0.25, -0.2) is 4.79 Å². The van der Waals surface area contributed by atoms with E-state index in [9.17, 15) is 9.59 Å². The van der Waals surface area contributed by atoms with Gasteiger partial charge in [-0.15, -0.1) is 0 Å². The Balaban J connectivity index is 2.14. The minimum absolute atomic E-state index is 0.0912. The second kappa shape index (κ2) is 4.42. The zero-order chi connectivity index (χ0) is 13.5. The number of carbonyl (C=O) groups is 2. The fraction of sp³-hybridized carbons (Fsp3) is 0.833. The molecule has 2 amide bonds. The Labute approximate surface area is 107 Å². The van der Waals surface area contributed by atoms with E-state index in [-0.39, 0.29) is 17.9 Å². The van der Waals surface area contributed by atoms with Crippen LogP contribution in [0.5, 0.6) is 0 Å². The maximum atomic E-state index is 12.1. The lowest BCUT2D eigenvalue weighted by atomic mass is 9.89. The molecule has 3 unspecified atom stereocenters. The van der Waals surface area contributed by atoms with Crippen molar-refractivity contribution in [2.45, 2.75) is 44.9 Å². The molecular formula is C12H21N3O3. The maximum absolute atomic E-state index is 12.1. The molecule has 0 aliphatic carbocycles. The molecular weight excluding hydrogens is 234 g/mol. The van der Waals surface area contributed by atoms with E-state index in [0.29, 0.717) is 13.1 Å². The number of ether oxygens (including phenoxy) is 1. The molecule has 18 heavy (non-hydrogen) atoms. The van der Waals surface area contributed by atoms with Crippen LogP contribution >= 0.6 is 0 Å². The van der Waals surface area contributed by atoms with Crippen molar-refractivity contribution in [2.75, 3.05) is 13.1 Å². The summed E-state index contributed by atoms with van der Waals surface area (Å²) < 4.78 is 5.33. The smallest absolute Gasteiger partial charge is 0.411 e. The summed E-state index contributed by atoms with van der Waals surface area (Å²) in [6.45, 7) is 6.39. The first-order chi connectivity index (χ1) is 8.28. The van der Waals surface area contributed by atoms with Crippen LogP contribution < -0.4 is 11.1 Å². The molecule has 2 saturated heterocycles. The quantitative estimate of drug-likeness (QED) is 0.641. The van der Waals surface area contributed by atoms with Gasteiger partial charge >= 0.3 is 6.09 Å². The average molecular weight is 255 g/mol. The monoisotopic (exact) mass is 255 g/mol. The highest BCUT2D eigenvalue weighted by Crippen LogP contribution is 2.28. The van der Waals surface area contributed by atoms with Crippen LogP contribution in [0.3, 0.4) is 0 Å². The fourth-order valence-corrected chi connectivity index (χ4v) is 2.61. The fourth-order valence-electron chi connectivity index (χ4n) is 2.61. The van der Waals surface area contributed by atoms with Crippen LogP contribution in [0.25, 0.3) is 0 Å². The number of piperidine rings is 1. The Kier molecular flexibility index (Phi) is 3.23. The molecule has 0 aromatic rings. The summed E-state index contributed by atoms with van der Waals surface area (Å²) >= 11 is 0. The molecule has 6 heteroatoms. The molecule has 102 valence electrons. The number of nitrogens with zero attached hydrogens (tertiary/aromatic N) is 1. The molecule has 2 rings (SSSR count). The van der Waals surface area contributed by atoms with E-state index in [0.717, 1.165) is 6.42 Å². The van der Waals surface area contributed by atoms with Crippen molar-refractivity contribution >= 4 is 12.0 Å². The average Bonchev–Trinajstić information content (AvgIpc) is 2.56. The van der Waals surface area contributed by atoms with Gasteiger partial charge in [-0.2, -0.15) is 0 Å². The van der Waals surface area contributed by atoms with Gasteiger partial charge in [-0.05, 0) is 27.2 Å². The third-order valence-electron chi connectivity index (χ3n) is 3.25. The van der Waals surface area contributed by atoms with Crippen LogP contribution in [0.2, 0.25) is 0 Å². The standard InChI is InChI=1S/C12H21N3O3/c1-12(2,3)18-11(17)15-6-8(13)4-7-5-14-10(16)9(7)15/h7-9H,4-6,13H2,1-3H3,(H,14,16). The van der Waals surface area contributed by atoms with Crippen LogP contribution in [0.15, 0.2) is 0 Å². The highest BCUT2D eigenvalue weighted by Gasteiger charge is 2.46. The minimum atomic E-state index is -0.566. The number of nitrogens with one attached hydrogen (secondary N) is 1.